The van der Waals surface area contributed by atoms with Crippen LogP contribution in [0.5, 0.6) is 0 Å². The first kappa shape index (κ1) is 39.3. The SMILES string of the molecule is CCCCCCCCCCCCCCCCCCOCC1(COC(=O)NC(C(C)=O)c2cccc[n+]2CC)CCCO1.[Cl-]. The van der Waals surface area contributed by atoms with Gasteiger partial charge in [0.1, 0.15) is 18.8 Å². The molecule has 1 aliphatic rings. The van der Waals surface area contributed by atoms with E-state index in [-0.39, 0.29) is 24.8 Å². The number of aryl methyl sites for hydroxylation is 1. The minimum absolute atomic E-state index is 0. The predicted octanol–water partition coefficient (Wildman–Crippen LogP) is 5.18. The first-order valence-electron chi connectivity index (χ1n) is 17.1. The van der Waals surface area contributed by atoms with Crippen LogP contribution in [0.3, 0.4) is 0 Å². The van der Waals surface area contributed by atoms with Gasteiger partial charge in [-0.3, -0.25) is 4.79 Å². The van der Waals surface area contributed by atoms with Gasteiger partial charge in [0, 0.05) is 25.3 Å². The molecule has 1 aliphatic heterocycles. The summed E-state index contributed by atoms with van der Waals surface area (Å²) in [5, 5.41) is 2.75. The molecular formula is C35H61ClN2O5. The molecule has 0 radical (unpaired) electrons. The van der Waals surface area contributed by atoms with Gasteiger partial charge in [-0.2, -0.15) is 0 Å². The van der Waals surface area contributed by atoms with Gasteiger partial charge in [-0.05, 0) is 33.1 Å². The van der Waals surface area contributed by atoms with Gasteiger partial charge in [-0.15, -0.1) is 0 Å². The fourth-order valence-corrected chi connectivity index (χ4v) is 5.81. The molecule has 0 spiro atoms. The number of hydrogen-bond donors (Lipinski definition) is 1. The first-order valence-corrected chi connectivity index (χ1v) is 17.1. The Morgan fingerprint density at radius 3 is 1.98 bits per heavy atom. The number of pyridine rings is 1. The predicted molar refractivity (Wildman–Crippen MR) is 168 cm³/mol. The number of hydrogen-bond acceptors (Lipinski definition) is 5. The summed E-state index contributed by atoms with van der Waals surface area (Å²) in [6, 6.07) is 4.86. The van der Waals surface area contributed by atoms with Gasteiger partial charge in [-0.25, -0.2) is 9.36 Å². The molecule has 43 heavy (non-hydrogen) atoms. The van der Waals surface area contributed by atoms with E-state index in [4.69, 9.17) is 14.2 Å². The largest absolute Gasteiger partial charge is 1.00 e. The highest BCUT2D eigenvalue weighted by Crippen LogP contribution is 2.27. The van der Waals surface area contributed by atoms with Crippen molar-refractivity contribution in [2.75, 3.05) is 26.4 Å². The third-order valence-electron chi connectivity index (χ3n) is 8.44. The lowest BCUT2D eigenvalue weighted by atomic mass is 10.0. The van der Waals surface area contributed by atoms with E-state index in [2.05, 4.69) is 12.2 Å². The highest BCUT2D eigenvalue weighted by molar-refractivity contribution is 5.85. The van der Waals surface area contributed by atoms with Crippen molar-refractivity contribution in [3.63, 3.8) is 0 Å². The van der Waals surface area contributed by atoms with E-state index in [1.165, 1.54) is 103 Å². The lowest BCUT2D eigenvalue weighted by Crippen LogP contribution is -3.00. The quantitative estimate of drug-likeness (QED) is 0.120. The molecule has 2 heterocycles. The van der Waals surface area contributed by atoms with E-state index >= 15 is 0 Å². The number of halogens is 1. The molecule has 1 saturated heterocycles. The molecule has 0 saturated carbocycles. The monoisotopic (exact) mass is 624 g/mol. The van der Waals surface area contributed by atoms with Crippen molar-refractivity contribution in [3.05, 3.63) is 30.1 Å². The number of aromatic nitrogens is 1. The Kier molecular flexibility index (Phi) is 22.5. The van der Waals surface area contributed by atoms with Crippen LogP contribution < -0.4 is 22.3 Å². The fourth-order valence-electron chi connectivity index (χ4n) is 5.81. The van der Waals surface area contributed by atoms with E-state index in [9.17, 15) is 9.59 Å². The Labute approximate surface area is 268 Å². The summed E-state index contributed by atoms with van der Waals surface area (Å²) in [5.74, 6) is -0.144. The highest BCUT2D eigenvalue weighted by atomic mass is 35.5. The number of Topliss-reactive ketones (excluding diaryl/α,β-unsaturated/α-hetero) is 1. The maximum Gasteiger partial charge on any atom is 0.408 e. The molecule has 1 fully saturated rings. The van der Waals surface area contributed by atoms with Crippen LogP contribution in [0.25, 0.3) is 0 Å². The van der Waals surface area contributed by atoms with Crippen molar-refractivity contribution in [3.8, 4) is 0 Å². The van der Waals surface area contributed by atoms with Crippen molar-refractivity contribution >= 4 is 11.9 Å². The van der Waals surface area contributed by atoms with Crippen molar-refractivity contribution < 1.29 is 40.8 Å². The zero-order chi connectivity index (χ0) is 30.3. The summed E-state index contributed by atoms with van der Waals surface area (Å²) >= 11 is 0. The van der Waals surface area contributed by atoms with Crippen LogP contribution in [0.15, 0.2) is 24.4 Å². The van der Waals surface area contributed by atoms with Crippen LogP contribution >= 0.6 is 0 Å². The Morgan fingerprint density at radius 1 is 0.884 bits per heavy atom. The van der Waals surface area contributed by atoms with E-state index in [0.717, 1.165) is 25.0 Å². The lowest BCUT2D eigenvalue weighted by Gasteiger charge is -2.28. The van der Waals surface area contributed by atoms with Crippen LogP contribution in [0.1, 0.15) is 148 Å². The molecule has 248 valence electrons. The van der Waals surface area contributed by atoms with Crippen molar-refractivity contribution in [2.45, 2.75) is 155 Å². The summed E-state index contributed by atoms with van der Waals surface area (Å²) in [4.78, 5) is 25.0. The molecule has 1 aromatic rings. The number of amides is 1. The van der Waals surface area contributed by atoms with Gasteiger partial charge in [-0.1, -0.05) is 109 Å². The molecule has 2 unspecified atom stereocenters. The molecular weight excluding hydrogens is 564 g/mol. The third kappa shape index (κ3) is 16.8. The highest BCUT2D eigenvalue weighted by Gasteiger charge is 2.38. The molecule has 0 aromatic carbocycles. The minimum Gasteiger partial charge on any atom is -1.00 e. The number of rotatable bonds is 25. The fraction of sp³-hybridized carbons (Fsp3) is 0.800. The molecule has 1 amide bonds. The normalized spacial score (nSPS) is 16.9. The molecule has 0 bridgehead atoms. The van der Waals surface area contributed by atoms with Crippen LogP contribution in [-0.2, 0) is 25.5 Å². The Hall–Kier alpha value is -1.70. The van der Waals surface area contributed by atoms with Gasteiger partial charge in [0.05, 0.1) is 6.61 Å². The number of unbranched alkanes of at least 4 members (excludes halogenated alkanes) is 15. The Balaban J connectivity index is 0.00000924. The van der Waals surface area contributed by atoms with E-state index in [1.54, 1.807) is 0 Å². The Morgan fingerprint density at radius 2 is 1.47 bits per heavy atom. The molecule has 1 N–H and O–H groups in total. The third-order valence-corrected chi connectivity index (χ3v) is 8.44. The van der Waals surface area contributed by atoms with E-state index in [0.29, 0.717) is 26.4 Å². The molecule has 8 heteroatoms. The number of nitrogens with zero attached hydrogens (tertiary/aromatic N) is 1. The summed E-state index contributed by atoms with van der Waals surface area (Å²) in [7, 11) is 0. The molecule has 1 aromatic heterocycles. The molecule has 0 aliphatic carbocycles. The first-order chi connectivity index (χ1) is 20.5. The summed E-state index contributed by atoms with van der Waals surface area (Å²) in [6.45, 7) is 8.34. The summed E-state index contributed by atoms with van der Waals surface area (Å²) in [6.07, 6.45) is 24.6. The Bertz CT molecular complexity index is 862. The van der Waals surface area contributed by atoms with Crippen molar-refractivity contribution in [1.82, 2.24) is 5.32 Å². The molecule has 2 atom stereocenters. The van der Waals surface area contributed by atoms with Gasteiger partial charge in [0.15, 0.2) is 18.0 Å². The maximum atomic E-state index is 12.7. The van der Waals surface area contributed by atoms with Crippen LogP contribution in [0.2, 0.25) is 0 Å². The number of alkyl carbamates (subject to hydrolysis) is 1. The van der Waals surface area contributed by atoms with Crippen molar-refractivity contribution in [1.29, 1.82) is 0 Å². The van der Waals surface area contributed by atoms with Gasteiger partial charge < -0.3 is 31.9 Å². The maximum absolute atomic E-state index is 12.7. The number of carbonyl (C=O) groups is 2. The molecule has 2 rings (SSSR count). The van der Waals surface area contributed by atoms with Crippen molar-refractivity contribution in [2.24, 2.45) is 0 Å². The smallest absolute Gasteiger partial charge is 0.408 e. The van der Waals surface area contributed by atoms with E-state index in [1.807, 2.05) is 35.9 Å². The average Bonchev–Trinajstić information content (AvgIpc) is 3.47. The zero-order valence-electron chi connectivity index (χ0n) is 27.5. The number of nitrogens with one attached hydrogen (secondary N) is 1. The molecule has 7 nitrogen and oxygen atoms in total. The van der Waals surface area contributed by atoms with Gasteiger partial charge in [0.2, 0.25) is 5.69 Å². The van der Waals surface area contributed by atoms with E-state index < -0.39 is 17.7 Å². The van der Waals surface area contributed by atoms with Gasteiger partial charge >= 0.3 is 6.09 Å². The second-order valence-electron chi connectivity index (χ2n) is 12.2. The second-order valence-corrected chi connectivity index (χ2v) is 12.2. The number of ether oxygens (including phenoxy) is 3. The van der Waals surface area contributed by atoms with Gasteiger partial charge in [0.25, 0.3) is 0 Å². The second kappa shape index (κ2) is 24.6. The number of ketones is 1. The average molecular weight is 625 g/mol. The summed E-state index contributed by atoms with van der Waals surface area (Å²) < 4.78 is 19.5. The van der Waals surface area contributed by atoms with Crippen LogP contribution in [0.4, 0.5) is 4.79 Å². The minimum atomic E-state index is -0.759. The topological polar surface area (TPSA) is 77.7 Å². The summed E-state index contributed by atoms with van der Waals surface area (Å²) in [5.41, 5.74) is 0.132. The van der Waals surface area contributed by atoms with Crippen LogP contribution in [0, 0.1) is 0 Å². The number of carbonyl (C=O) groups excluding carboxylic acids is 2. The zero-order valence-corrected chi connectivity index (χ0v) is 28.3. The standard InChI is InChI=1S/C35H60N2O5.ClH/c1-4-6-7-8-9-10-11-12-13-14-15-16-17-18-19-22-27-40-29-35(25-23-28-42-35)30-41-34(39)36-33(31(3)38)32-24-20-21-26-37(32)5-2;/h20-21,24,26,33H,4-19,22-23,25,27-30H2,1-3H3;1H. The lowest BCUT2D eigenvalue weighted by molar-refractivity contribution is -0.701. The van der Waals surface area contributed by atoms with Crippen LogP contribution in [-0.4, -0.2) is 43.9 Å².